The van der Waals surface area contributed by atoms with Crippen LogP contribution in [0.2, 0.25) is 0 Å². The number of aromatic amines is 1. The van der Waals surface area contributed by atoms with Crippen molar-refractivity contribution in [2.75, 3.05) is 13.1 Å². The van der Waals surface area contributed by atoms with Gasteiger partial charge < -0.3 is 9.88 Å². The van der Waals surface area contributed by atoms with Gasteiger partial charge in [-0.25, -0.2) is 0 Å². The molecule has 1 fully saturated rings. The highest BCUT2D eigenvalue weighted by molar-refractivity contribution is 9.10. The van der Waals surface area contributed by atoms with Crippen molar-refractivity contribution < 1.29 is 4.79 Å². The van der Waals surface area contributed by atoms with Crippen molar-refractivity contribution in [1.82, 2.24) is 9.88 Å². The Morgan fingerprint density at radius 2 is 1.80 bits per heavy atom. The van der Waals surface area contributed by atoms with Crippen LogP contribution in [-0.2, 0) is 6.42 Å². The number of nitrogens with zero attached hydrogens (tertiary/aromatic N) is 1. The molecule has 1 aliphatic rings. The van der Waals surface area contributed by atoms with Gasteiger partial charge in [-0.2, -0.15) is 0 Å². The second-order valence-electron chi connectivity index (χ2n) is 6.81. The highest BCUT2D eigenvalue weighted by atomic mass is 79.9. The zero-order chi connectivity index (χ0) is 17.2. The molecule has 128 valence electrons. The minimum absolute atomic E-state index is 0.151. The Labute approximate surface area is 156 Å². The van der Waals surface area contributed by atoms with Gasteiger partial charge >= 0.3 is 0 Å². The van der Waals surface area contributed by atoms with E-state index in [2.05, 4.69) is 51.4 Å². The van der Waals surface area contributed by atoms with E-state index >= 15 is 0 Å². The predicted molar refractivity (Wildman–Crippen MR) is 105 cm³/mol. The number of rotatable bonds is 3. The summed E-state index contributed by atoms with van der Waals surface area (Å²) < 4.78 is 1.00. The Balaban J connectivity index is 1.38. The molecule has 3 nitrogen and oxygen atoms in total. The van der Waals surface area contributed by atoms with Crippen molar-refractivity contribution in [1.29, 1.82) is 0 Å². The highest BCUT2D eigenvalue weighted by Crippen LogP contribution is 2.27. The van der Waals surface area contributed by atoms with Crippen LogP contribution in [0.25, 0.3) is 10.9 Å². The number of nitrogens with one attached hydrogen (secondary N) is 1. The summed E-state index contributed by atoms with van der Waals surface area (Å²) in [5, 5.41) is 1.33. The van der Waals surface area contributed by atoms with Gasteiger partial charge in [-0.05, 0) is 61.1 Å². The Hall–Kier alpha value is -2.07. The second-order valence-corrected chi connectivity index (χ2v) is 7.72. The maximum absolute atomic E-state index is 12.6. The van der Waals surface area contributed by atoms with E-state index in [9.17, 15) is 4.79 Å². The minimum atomic E-state index is 0.151. The quantitative estimate of drug-likeness (QED) is 0.662. The summed E-state index contributed by atoms with van der Waals surface area (Å²) >= 11 is 3.42. The minimum Gasteiger partial charge on any atom is -0.361 e. The first-order valence-electron chi connectivity index (χ1n) is 8.80. The molecule has 4 rings (SSSR count). The number of piperidine rings is 1. The van der Waals surface area contributed by atoms with Crippen LogP contribution in [0.3, 0.4) is 0 Å². The smallest absolute Gasteiger partial charge is 0.253 e. The van der Waals surface area contributed by atoms with Gasteiger partial charge in [-0.3, -0.25) is 4.79 Å². The highest BCUT2D eigenvalue weighted by Gasteiger charge is 2.24. The van der Waals surface area contributed by atoms with Crippen molar-refractivity contribution in [3.63, 3.8) is 0 Å². The fourth-order valence-electron chi connectivity index (χ4n) is 3.73. The first-order valence-corrected chi connectivity index (χ1v) is 9.60. The van der Waals surface area contributed by atoms with Crippen LogP contribution in [-0.4, -0.2) is 28.9 Å². The van der Waals surface area contributed by atoms with E-state index in [4.69, 9.17) is 0 Å². The van der Waals surface area contributed by atoms with Crippen molar-refractivity contribution in [3.05, 3.63) is 70.3 Å². The summed E-state index contributed by atoms with van der Waals surface area (Å²) in [7, 11) is 0. The summed E-state index contributed by atoms with van der Waals surface area (Å²) in [4.78, 5) is 18.0. The Bertz CT molecular complexity index is 876. The normalized spacial score (nSPS) is 15.6. The van der Waals surface area contributed by atoms with Gasteiger partial charge in [0.25, 0.3) is 5.91 Å². The number of likely N-dealkylation sites (tertiary alicyclic amines) is 1. The molecule has 2 heterocycles. The van der Waals surface area contributed by atoms with Gasteiger partial charge in [0, 0.05) is 40.2 Å². The third-order valence-electron chi connectivity index (χ3n) is 5.18. The van der Waals surface area contributed by atoms with Crippen molar-refractivity contribution in [2.24, 2.45) is 5.92 Å². The molecule has 0 aliphatic carbocycles. The first kappa shape index (κ1) is 16.4. The van der Waals surface area contributed by atoms with Crippen LogP contribution >= 0.6 is 15.9 Å². The molecule has 1 aromatic heterocycles. The van der Waals surface area contributed by atoms with E-state index in [1.54, 1.807) is 0 Å². The Morgan fingerprint density at radius 3 is 2.56 bits per heavy atom. The summed E-state index contributed by atoms with van der Waals surface area (Å²) in [6.07, 6.45) is 5.37. The number of halogens is 1. The van der Waals surface area contributed by atoms with E-state index < -0.39 is 0 Å². The number of aromatic nitrogens is 1. The van der Waals surface area contributed by atoms with Crippen LogP contribution in [0.5, 0.6) is 0 Å². The van der Waals surface area contributed by atoms with E-state index in [0.717, 1.165) is 42.4 Å². The number of fused-ring (bicyclic) bond motifs is 1. The zero-order valence-corrected chi connectivity index (χ0v) is 15.6. The predicted octanol–water partition coefficient (Wildman–Crippen LogP) is 5.03. The summed E-state index contributed by atoms with van der Waals surface area (Å²) in [5.41, 5.74) is 3.38. The molecule has 2 aromatic carbocycles. The number of hydrogen-bond acceptors (Lipinski definition) is 1. The van der Waals surface area contributed by atoms with Gasteiger partial charge in [-0.1, -0.05) is 34.1 Å². The molecular formula is C21H21BrN2O. The van der Waals surface area contributed by atoms with Gasteiger partial charge in [0.15, 0.2) is 0 Å². The monoisotopic (exact) mass is 396 g/mol. The zero-order valence-electron chi connectivity index (χ0n) is 14.0. The molecular weight excluding hydrogens is 376 g/mol. The van der Waals surface area contributed by atoms with Gasteiger partial charge in [0.2, 0.25) is 0 Å². The van der Waals surface area contributed by atoms with E-state index in [1.165, 1.54) is 16.5 Å². The van der Waals surface area contributed by atoms with Crippen molar-refractivity contribution in [2.45, 2.75) is 19.3 Å². The molecule has 0 atom stereocenters. The summed E-state index contributed by atoms with van der Waals surface area (Å²) in [5.74, 6) is 0.797. The molecule has 3 aromatic rings. The number of hydrogen-bond donors (Lipinski definition) is 1. The lowest BCUT2D eigenvalue weighted by Crippen LogP contribution is -2.38. The summed E-state index contributed by atoms with van der Waals surface area (Å²) in [6, 6.07) is 16.1. The number of H-pyrrole nitrogens is 1. The average Bonchev–Trinajstić information content (AvgIpc) is 3.06. The largest absolute Gasteiger partial charge is 0.361 e. The van der Waals surface area contributed by atoms with Gasteiger partial charge in [0.1, 0.15) is 0 Å². The van der Waals surface area contributed by atoms with Crippen LogP contribution in [0.4, 0.5) is 0 Å². The molecule has 0 saturated carbocycles. The maximum Gasteiger partial charge on any atom is 0.253 e. The fourth-order valence-corrected chi connectivity index (χ4v) is 3.99. The lowest BCUT2D eigenvalue weighted by Gasteiger charge is -2.32. The maximum atomic E-state index is 12.6. The van der Waals surface area contributed by atoms with E-state index in [-0.39, 0.29) is 5.91 Å². The standard InChI is InChI=1S/C21H21BrN2O/c22-18-7-5-16(6-8-18)21(25)24-11-9-15(10-12-24)13-17-14-23-20-4-2-1-3-19(17)20/h1-8,14-15,23H,9-13H2. The molecule has 4 heteroatoms. The fraction of sp³-hybridized carbons (Fsp3) is 0.286. The lowest BCUT2D eigenvalue weighted by atomic mass is 9.90. The van der Waals surface area contributed by atoms with Crippen molar-refractivity contribution in [3.8, 4) is 0 Å². The number of para-hydroxylation sites is 1. The van der Waals surface area contributed by atoms with Crippen molar-refractivity contribution >= 4 is 32.7 Å². The van der Waals surface area contributed by atoms with Crippen LogP contribution in [0.1, 0.15) is 28.8 Å². The van der Waals surface area contributed by atoms with Crippen LogP contribution in [0, 0.1) is 5.92 Å². The molecule has 25 heavy (non-hydrogen) atoms. The molecule has 1 aliphatic heterocycles. The molecule has 0 radical (unpaired) electrons. The number of carbonyl (C=O) groups is 1. The lowest BCUT2D eigenvalue weighted by molar-refractivity contribution is 0.0690. The SMILES string of the molecule is O=C(c1ccc(Br)cc1)N1CCC(Cc2c[nH]c3ccccc23)CC1. The average molecular weight is 397 g/mol. The van der Waals surface area contributed by atoms with Crippen LogP contribution in [0.15, 0.2) is 59.2 Å². The molecule has 1 amide bonds. The number of carbonyl (C=O) groups excluding carboxylic acids is 1. The molecule has 0 bridgehead atoms. The van der Waals surface area contributed by atoms with Gasteiger partial charge in [0.05, 0.1) is 0 Å². The molecule has 0 spiro atoms. The molecule has 1 N–H and O–H groups in total. The molecule has 1 saturated heterocycles. The third-order valence-corrected chi connectivity index (χ3v) is 5.71. The molecule has 0 unspecified atom stereocenters. The number of benzene rings is 2. The van der Waals surface area contributed by atoms with Crippen LogP contribution < -0.4 is 0 Å². The van der Waals surface area contributed by atoms with E-state index in [0.29, 0.717) is 5.92 Å². The van der Waals surface area contributed by atoms with E-state index in [1.807, 2.05) is 29.2 Å². The summed E-state index contributed by atoms with van der Waals surface area (Å²) in [6.45, 7) is 1.70. The first-order chi connectivity index (χ1) is 12.2. The topological polar surface area (TPSA) is 36.1 Å². The Morgan fingerprint density at radius 1 is 1.08 bits per heavy atom. The second kappa shape index (κ2) is 7.04. The Kier molecular flexibility index (Phi) is 4.62. The number of amides is 1. The third kappa shape index (κ3) is 3.49. The van der Waals surface area contributed by atoms with Gasteiger partial charge in [-0.15, -0.1) is 0 Å².